The quantitative estimate of drug-likeness (QED) is 0.869. The number of aromatic nitrogens is 1. The molecule has 1 aromatic heterocycles. The van der Waals surface area contributed by atoms with Crippen molar-refractivity contribution in [3.63, 3.8) is 0 Å². The number of rotatable bonds is 5. The molecule has 2 heterocycles. The summed E-state index contributed by atoms with van der Waals surface area (Å²) >= 11 is 0. The van der Waals surface area contributed by atoms with E-state index in [1.54, 1.807) is 11.1 Å². The van der Waals surface area contributed by atoms with Gasteiger partial charge in [-0.25, -0.2) is 0 Å². The predicted molar refractivity (Wildman–Crippen MR) is 69.5 cm³/mol. The second kappa shape index (κ2) is 6.31. The summed E-state index contributed by atoms with van der Waals surface area (Å²) in [5.41, 5.74) is 0.914. The third kappa shape index (κ3) is 4.05. The summed E-state index contributed by atoms with van der Waals surface area (Å²) in [5, 5.41) is 8.74. The molecule has 0 saturated carbocycles. The fourth-order valence-corrected chi connectivity index (χ4v) is 2.41. The highest BCUT2D eigenvalue weighted by Gasteiger charge is 2.27. The number of pyridine rings is 1. The number of aliphatic carboxylic acids is 1. The fraction of sp³-hybridized carbons (Fsp3) is 0.500. The zero-order chi connectivity index (χ0) is 13.7. The van der Waals surface area contributed by atoms with Gasteiger partial charge in [0.1, 0.15) is 0 Å². The topological polar surface area (TPSA) is 70.5 Å². The van der Waals surface area contributed by atoms with Crippen molar-refractivity contribution in [3.8, 4) is 0 Å². The third-order valence-electron chi connectivity index (χ3n) is 3.42. The average Bonchev–Trinajstić information content (AvgIpc) is 2.85. The van der Waals surface area contributed by atoms with Gasteiger partial charge in [-0.3, -0.25) is 14.6 Å². The van der Waals surface area contributed by atoms with Crippen LogP contribution in [0.2, 0.25) is 0 Å². The highest BCUT2D eigenvalue weighted by atomic mass is 16.4. The van der Waals surface area contributed by atoms with E-state index in [-0.39, 0.29) is 18.2 Å². The monoisotopic (exact) mass is 262 g/mol. The lowest BCUT2D eigenvalue weighted by Crippen LogP contribution is -2.29. The molecule has 1 N–H and O–H groups in total. The highest BCUT2D eigenvalue weighted by Crippen LogP contribution is 2.20. The first-order chi connectivity index (χ1) is 9.15. The van der Waals surface area contributed by atoms with Crippen LogP contribution in [0.5, 0.6) is 0 Å². The molecule has 1 aromatic rings. The predicted octanol–water partition coefficient (Wildman–Crippen LogP) is 1.34. The lowest BCUT2D eigenvalue weighted by molar-refractivity contribution is -0.138. The maximum atomic E-state index is 12.0. The summed E-state index contributed by atoms with van der Waals surface area (Å²) in [6, 6.07) is 5.67. The Morgan fingerprint density at radius 3 is 2.95 bits per heavy atom. The van der Waals surface area contributed by atoms with Crippen molar-refractivity contribution in [1.82, 2.24) is 9.88 Å². The molecule has 0 aliphatic carbocycles. The van der Waals surface area contributed by atoms with Crippen molar-refractivity contribution in [2.45, 2.75) is 25.7 Å². The van der Waals surface area contributed by atoms with Gasteiger partial charge in [0.05, 0.1) is 0 Å². The largest absolute Gasteiger partial charge is 0.481 e. The number of carbonyl (C=O) groups excluding carboxylic acids is 1. The molecule has 5 heteroatoms. The number of hydrogen-bond donors (Lipinski definition) is 1. The van der Waals surface area contributed by atoms with Crippen molar-refractivity contribution in [2.24, 2.45) is 5.92 Å². The molecule has 0 radical (unpaired) electrons. The second-order valence-corrected chi connectivity index (χ2v) is 4.91. The minimum atomic E-state index is -0.784. The molecule has 1 aliphatic rings. The molecule has 0 bridgehead atoms. The molecule has 19 heavy (non-hydrogen) atoms. The molecule has 2 rings (SSSR count). The van der Waals surface area contributed by atoms with Crippen LogP contribution in [0.4, 0.5) is 0 Å². The van der Waals surface area contributed by atoms with Gasteiger partial charge < -0.3 is 10.0 Å². The Hall–Kier alpha value is -1.91. The molecule has 102 valence electrons. The SMILES string of the molecule is O=C(O)CC1CCN(C(=O)CCc2ccccn2)C1. The van der Waals surface area contributed by atoms with Crippen molar-refractivity contribution in [1.29, 1.82) is 0 Å². The van der Waals surface area contributed by atoms with Gasteiger partial charge >= 0.3 is 5.97 Å². The van der Waals surface area contributed by atoms with Gasteiger partial charge in [-0.2, -0.15) is 0 Å². The number of nitrogens with zero attached hydrogens (tertiary/aromatic N) is 2. The van der Waals surface area contributed by atoms with E-state index in [9.17, 15) is 9.59 Å². The summed E-state index contributed by atoms with van der Waals surface area (Å²) in [6.45, 7) is 1.26. The van der Waals surface area contributed by atoms with E-state index >= 15 is 0 Å². The zero-order valence-electron chi connectivity index (χ0n) is 10.8. The smallest absolute Gasteiger partial charge is 0.303 e. The van der Waals surface area contributed by atoms with Crippen LogP contribution in [-0.2, 0) is 16.0 Å². The molecule has 1 fully saturated rings. The van der Waals surface area contributed by atoms with Crippen LogP contribution in [-0.4, -0.2) is 40.0 Å². The normalized spacial score (nSPS) is 18.5. The van der Waals surface area contributed by atoms with Gasteiger partial charge in [-0.05, 0) is 30.9 Å². The molecule has 0 aromatic carbocycles. The van der Waals surface area contributed by atoms with Gasteiger partial charge in [-0.1, -0.05) is 6.07 Å². The fourth-order valence-electron chi connectivity index (χ4n) is 2.41. The van der Waals surface area contributed by atoms with Gasteiger partial charge in [0.15, 0.2) is 0 Å². The number of carboxylic acid groups (broad SMARTS) is 1. The van der Waals surface area contributed by atoms with Crippen LogP contribution in [0, 0.1) is 5.92 Å². The van der Waals surface area contributed by atoms with E-state index < -0.39 is 5.97 Å². The molecular formula is C14H18N2O3. The first-order valence-corrected chi connectivity index (χ1v) is 6.54. The maximum absolute atomic E-state index is 12.0. The minimum Gasteiger partial charge on any atom is -0.481 e. The Morgan fingerprint density at radius 1 is 1.42 bits per heavy atom. The van der Waals surface area contributed by atoms with E-state index in [1.165, 1.54) is 0 Å². The van der Waals surface area contributed by atoms with Gasteiger partial charge in [-0.15, -0.1) is 0 Å². The summed E-state index contributed by atoms with van der Waals surface area (Å²) in [7, 11) is 0. The van der Waals surface area contributed by atoms with E-state index in [1.807, 2.05) is 18.2 Å². The van der Waals surface area contributed by atoms with E-state index in [0.717, 1.165) is 12.1 Å². The first kappa shape index (κ1) is 13.5. The second-order valence-electron chi connectivity index (χ2n) is 4.91. The Balaban J connectivity index is 1.77. The molecule has 0 spiro atoms. The number of amides is 1. The lowest BCUT2D eigenvalue weighted by Gasteiger charge is -2.16. The number of likely N-dealkylation sites (tertiary alicyclic amines) is 1. The van der Waals surface area contributed by atoms with Crippen LogP contribution in [0.25, 0.3) is 0 Å². The molecule has 1 saturated heterocycles. The van der Waals surface area contributed by atoms with Crippen molar-refractivity contribution in [3.05, 3.63) is 30.1 Å². The average molecular weight is 262 g/mol. The molecule has 1 atom stereocenters. The van der Waals surface area contributed by atoms with Crippen molar-refractivity contribution in [2.75, 3.05) is 13.1 Å². The summed E-state index contributed by atoms with van der Waals surface area (Å²) in [4.78, 5) is 28.6. The number of carboxylic acids is 1. The standard InChI is InChI=1S/C14H18N2O3/c17-13(5-4-12-3-1-2-7-15-12)16-8-6-11(10-16)9-14(18)19/h1-3,7,11H,4-6,8-10H2,(H,18,19). The number of aryl methyl sites for hydroxylation is 1. The Kier molecular flexibility index (Phi) is 4.49. The number of carbonyl (C=O) groups is 2. The lowest BCUT2D eigenvalue weighted by atomic mass is 10.1. The Labute approximate surface area is 112 Å². The van der Waals surface area contributed by atoms with E-state index in [0.29, 0.717) is 25.9 Å². The molecular weight excluding hydrogens is 244 g/mol. The summed E-state index contributed by atoms with van der Waals surface area (Å²) in [6.07, 6.45) is 3.75. The molecule has 1 amide bonds. The molecule has 1 unspecified atom stereocenters. The van der Waals surface area contributed by atoms with Crippen molar-refractivity contribution < 1.29 is 14.7 Å². The molecule has 1 aliphatic heterocycles. The zero-order valence-corrected chi connectivity index (χ0v) is 10.8. The van der Waals surface area contributed by atoms with Crippen LogP contribution >= 0.6 is 0 Å². The highest BCUT2D eigenvalue weighted by molar-refractivity contribution is 5.77. The van der Waals surface area contributed by atoms with Gasteiger partial charge in [0.2, 0.25) is 5.91 Å². The van der Waals surface area contributed by atoms with E-state index in [4.69, 9.17) is 5.11 Å². The Morgan fingerprint density at radius 2 is 2.26 bits per heavy atom. The van der Waals surface area contributed by atoms with Crippen molar-refractivity contribution >= 4 is 11.9 Å². The van der Waals surface area contributed by atoms with Crippen LogP contribution in [0.3, 0.4) is 0 Å². The molecule has 5 nitrogen and oxygen atoms in total. The van der Waals surface area contributed by atoms with Gasteiger partial charge in [0.25, 0.3) is 0 Å². The third-order valence-corrected chi connectivity index (χ3v) is 3.42. The van der Waals surface area contributed by atoms with Crippen LogP contribution in [0.1, 0.15) is 25.0 Å². The maximum Gasteiger partial charge on any atom is 0.303 e. The Bertz CT molecular complexity index is 447. The number of hydrogen-bond acceptors (Lipinski definition) is 3. The van der Waals surface area contributed by atoms with E-state index in [2.05, 4.69) is 4.98 Å². The van der Waals surface area contributed by atoms with Crippen LogP contribution in [0.15, 0.2) is 24.4 Å². The van der Waals surface area contributed by atoms with Crippen LogP contribution < -0.4 is 0 Å². The summed E-state index contributed by atoms with van der Waals surface area (Å²) < 4.78 is 0. The summed E-state index contributed by atoms with van der Waals surface area (Å²) in [5.74, 6) is -0.581. The minimum absolute atomic E-state index is 0.0959. The first-order valence-electron chi connectivity index (χ1n) is 6.54. The van der Waals surface area contributed by atoms with Gasteiger partial charge in [0, 0.05) is 37.8 Å².